The number of fused-ring (bicyclic) bond motifs is 1. The normalized spacial score (nSPS) is 10.7. The number of carbonyl (C=O) groups is 1. The van der Waals surface area contributed by atoms with Gasteiger partial charge in [-0.15, -0.1) is 0 Å². The SMILES string of the molecule is Cc1cc(OCC(=O)Nc2ccc3[nH]ncc3c2)no1. The van der Waals surface area contributed by atoms with Gasteiger partial charge >= 0.3 is 0 Å². The smallest absolute Gasteiger partial charge is 0.262 e. The largest absolute Gasteiger partial charge is 0.465 e. The fourth-order valence-corrected chi connectivity index (χ4v) is 1.77. The molecule has 0 saturated carbocycles. The van der Waals surface area contributed by atoms with Gasteiger partial charge in [0, 0.05) is 17.1 Å². The Morgan fingerprint density at radius 2 is 2.35 bits per heavy atom. The molecule has 0 aliphatic heterocycles. The first-order valence-corrected chi connectivity index (χ1v) is 6.00. The molecule has 0 bridgehead atoms. The van der Waals surface area contributed by atoms with Crippen molar-refractivity contribution in [2.75, 3.05) is 11.9 Å². The summed E-state index contributed by atoms with van der Waals surface area (Å²) in [5.74, 6) is 0.655. The molecule has 2 aromatic heterocycles. The molecule has 7 nitrogen and oxygen atoms in total. The third kappa shape index (κ3) is 2.61. The van der Waals surface area contributed by atoms with E-state index in [-0.39, 0.29) is 12.5 Å². The highest BCUT2D eigenvalue weighted by atomic mass is 16.5. The predicted octanol–water partition coefficient (Wildman–Crippen LogP) is 1.88. The van der Waals surface area contributed by atoms with Crippen LogP contribution in [0.1, 0.15) is 5.76 Å². The molecular formula is C13H12N4O3. The Morgan fingerprint density at radius 1 is 1.45 bits per heavy atom. The molecule has 1 aromatic carbocycles. The highest BCUT2D eigenvalue weighted by Gasteiger charge is 2.07. The average molecular weight is 272 g/mol. The van der Waals surface area contributed by atoms with Crippen LogP contribution in [0.5, 0.6) is 5.88 Å². The number of aromatic amines is 1. The van der Waals surface area contributed by atoms with E-state index in [0.717, 1.165) is 10.9 Å². The molecule has 0 fully saturated rings. The molecule has 0 saturated heterocycles. The lowest BCUT2D eigenvalue weighted by Crippen LogP contribution is -2.20. The van der Waals surface area contributed by atoms with Crippen LogP contribution in [0.25, 0.3) is 10.9 Å². The Kier molecular flexibility index (Phi) is 3.08. The minimum Gasteiger partial charge on any atom is -0.465 e. The number of carbonyl (C=O) groups excluding carboxylic acids is 1. The first-order chi connectivity index (χ1) is 9.70. The van der Waals surface area contributed by atoms with E-state index in [4.69, 9.17) is 9.26 Å². The van der Waals surface area contributed by atoms with Gasteiger partial charge in [-0.25, -0.2) is 0 Å². The second-order valence-electron chi connectivity index (χ2n) is 4.28. The second-order valence-corrected chi connectivity index (χ2v) is 4.28. The third-order valence-electron chi connectivity index (χ3n) is 2.68. The number of aromatic nitrogens is 3. The molecule has 0 radical (unpaired) electrons. The van der Waals surface area contributed by atoms with Gasteiger partial charge in [-0.3, -0.25) is 9.89 Å². The standard InChI is InChI=1S/C13H12N4O3/c1-8-4-13(17-20-8)19-7-12(18)15-10-2-3-11-9(5-10)6-14-16-11/h2-6H,7H2,1H3,(H,14,16)(H,15,18). The highest BCUT2D eigenvalue weighted by Crippen LogP contribution is 2.16. The summed E-state index contributed by atoms with van der Waals surface area (Å²) in [6, 6.07) is 7.08. The van der Waals surface area contributed by atoms with E-state index < -0.39 is 0 Å². The zero-order valence-electron chi connectivity index (χ0n) is 10.7. The number of anilines is 1. The monoisotopic (exact) mass is 272 g/mol. The Balaban J connectivity index is 1.60. The lowest BCUT2D eigenvalue weighted by Gasteiger charge is -2.05. The molecule has 0 aliphatic rings. The van der Waals surface area contributed by atoms with Gasteiger partial charge < -0.3 is 14.6 Å². The summed E-state index contributed by atoms with van der Waals surface area (Å²) in [6.45, 7) is 1.62. The van der Waals surface area contributed by atoms with Crippen LogP contribution in [-0.4, -0.2) is 27.9 Å². The molecule has 102 valence electrons. The first kappa shape index (κ1) is 12.2. The number of hydrogen-bond acceptors (Lipinski definition) is 5. The minimum absolute atomic E-state index is 0.130. The maximum Gasteiger partial charge on any atom is 0.262 e. The van der Waals surface area contributed by atoms with Gasteiger partial charge in [0.25, 0.3) is 11.8 Å². The Hall–Kier alpha value is -2.83. The predicted molar refractivity (Wildman–Crippen MR) is 71.5 cm³/mol. The van der Waals surface area contributed by atoms with Crippen LogP contribution >= 0.6 is 0 Å². The molecule has 3 aromatic rings. The molecule has 1 amide bonds. The van der Waals surface area contributed by atoms with Crippen molar-refractivity contribution in [2.24, 2.45) is 0 Å². The Labute approximate surface area is 113 Å². The minimum atomic E-state index is -0.270. The second kappa shape index (κ2) is 5.04. The van der Waals surface area contributed by atoms with E-state index in [1.54, 1.807) is 25.3 Å². The molecule has 2 N–H and O–H groups in total. The van der Waals surface area contributed by atoms with E-state index in [0.29, 0.717) is 17.3 Å². The lowest BCUT2D eigenvalue weighted by molar-refractivity contribution is -0.118. The van der Waals surface area contributed by atoms with Crippen molar-refractivity contribution < 1.29 is 14.1 Å². The van der Waals surface area contributed by atoms with E-state index in [1.165, 1.54) is 0 Å². The van der Waals surface area contributed by atoms with Crippen LogP contribution in [0.4, 0.5) is 5.69 Å². The van der Waals surface area contributed by atoms with Crippen molar-refractivity contribution in [3.05, 3.63) is 36.2 Å². The van der Waals surface area contributed by atoms with Crippen LogP contribution in [0, 0.1) is 6.92 Å². The van der Waals surface area contributed by atoms with Crippen LogP contribution in [0.15, 0.2) is 35.0 Å². The molecule has 7 heteroatoms. The highest BCUT2D eigenvalue weighted by molar-refractivity contribution is 5.94. The van der Waals surface area contributed by atoms with E-state index >= 15 is 0 Å². The molecule has 3 rings (SSSR count). The van der Waals surface area contributed by atoms with Crippen molar-refractivity contribution in [3.63, 3.8) is 0 Å². The summed E-state index contributed by atoms with van der Waals surface area (Å²) in [7, 11) is 0. The molecule has 0 unspecified atom stereocenters. The first-order valence-electron chi connectivity index (χ1n) is 6.00. The average Bonchev–Trinajstić information content (AvgIpc) is 3.04. The van der Waals surface area contributed by atoms with E-state index in [1.807, 2.05) is 12.1 Å². The Morgan fingerprint density at radius 3 is 3.15 bits per heavy atom. The zero-order chi connectivity index (χ0) is 13.9. The Bertz CT molecular complexity index is 747. The topological polar surface area (TPSA) is 93.0 Å². The number of rotatable bonds is 4. The maximum atomic E-state index is 11.7. The van der Waals surface area contributed by atoms with Crippen molar-refractivity contribution in [3.8, 4) is 5.88 Å². The van der Waals surface area contributed by atoms with Crippen LogP contribution in [-0.2, 0) is 4.79 Å². The van der Waals surface area contributed by atoms with Crippen LogP contribution < -0.4 is 10.1 Å². The number of nitrogens with zero attached hydrogens (tertiary/aromatic N) is 2. The van der Waals surface area contributed by atoms with E-state index in [9.17, 15) is 4.79 Å². The molecular weight excluding hydrogens is 260 g/mol. The number of H-pyrrole nitrogens is 1. The summed E-state index contributed by atoms with van der Waals surface area (Å²) >= 11 is 0. The molecule has 0 atom stereocenters. The zero-order valence-corrected chi connectivity index (χ0v) is 10.7. The van der Waals surface area contributed by atoms with Gasteiger partial charge in [0.15, 0.2) is 6.61 Å². The van der Waals surface area contributed by atoms with Gasteiger partial charge in [-0.05, 0) is 30.3 Å². The quantitative estimate of drug-likeness (QED) is 0.756. The number of aryl methyl sites for hydroxylation is 1. The van der Waals surface area contributed by atoms with Crippen LogP contribution in [0.3, 0.4) is 0 Å². The fourth-order valence-electron chi connectivity index (χ4n) is 1.77. The number of nitrogens with one attached hydrogen (secondary N) is 2. The van der Waals surface area contributed by atoms with Gasteiger partial charge in [0.1, 0.15) is 5.76 Å². The van der Waals surface area contributed by atoms with Crippen molar-refractivity contribution in [1.82, 2.24) is 15.4 Å². The molecule has 0 spiro atoms. The summed E-state index contributed by atoms with van der Waals surface area (Å²) in [5, 5.41) is 14.1. The fraction of sp³-hybridized carbons (Fsp3) is 0.154. The van der Waals surface area contributed by atoms with Crippen LogP contribution in [0.2, 0.25) is 0 Å². The third-order valence-corrected chi connectivity index (χ3v) is 2.68. The van der Waals surface area contributed by atoms with Crippen molar-refractivity contribution in [2.45, 2.75) is 6.92 Å². The van der Waals surface area contributed by atoms with E-state index in [2.05, 4.69) is 20.7 Å². The van der Waals surface area contributed by atoms with Gasteiger partial charge in [0.2, 0.25) is 0 Å². The van der Waals surface area contributed by atoms with Crippen molar-refractivity contribution in [1.29, 1.82) is 0 Å². The maximum absolute atomic E-state index is 11.7. The number of ether oxygens (including phenoxy) is 1. The lowest BCUT2D eigenvalue weighted by atomic mass is 10.2. The summed E-state index contributed by atoms with van der Waals surface area (Å²) in [4.78, 5) is 11.7. The number of hydrogen-bond donors (Lipinski definition) is 2. The number of benzene rings is 1. The summed E-state index contributed by atoms with van der Waals surface area (Å²) in [5.41, 5.74) is 1.60. The van der Waals surface area contributed by atoms with Gasteiger partial charge in [-0.1, -0.05) is 0 Å². The van der Waals surface area contributed by atoms with Crippen molar-refractivity contribution >= 4 is 22.5 Å². The molecule has 20 heavy (non-hydrogen) atoms. The summed E-state index contributed by atoms with van der Waals surface area (Å²) < 4.78 is 10.0. The number of amides is 1. The summed E-state index contributed by atoms with van der Waals surface area (Å²) in [6.07, 6.45) is 1.69. The molecule has 2 heterocycles. The molecule has 0 aliphatic carbocycles. The van der Waals surface area contributed by atoms with Gasteiger partial charge in [0.05, 0.1) is 11.7 Å². The van der Waals surface area contributed by atoms with Gasteiger partial charge in [-0.2, -0.15) is 5.10 Å².